The number of rotatable bonds is 5. The molecule has 0 saturated heterocycles. The first-order valence-electron chi connectivity index (χ1n) is 6.98. The number of hydrogen-bond donors (Lipinski definition) is 0. The smallest absolute Gasteiger partial charge is 0.351 e. The Bertz CT molecular complexity index is 513. The molecule has 0 fully saturated rings. The van der Waals surface area contributed by atoms with Gasteiger partial charge in [-0.1, -0.05) is 12.1 Å². The van der Waals surface area contributed by atoms with Crippen molar-refractivity contribution < 1.29 is 23.8 Å². The number of ether oxygens (including phenoxy) is 3. The van der Waals surface area contributed by atoms with E-state index in [2.05, 4.69) is 0 Å². The molecule has 1 aliphatic rings. The number of benzene rings is 1. The summed E-state index contributed by atoms with van der Waals surface area (Å²) < 4.78 is 16.0. The number of carbonyl (C=O) groups is 2. The summed E-state index contributed by atoms with van der Waals surface area (Å²) in [5.74, 6) is 0.289. The predicted octanol–water partition coefficient (Wildman–Crippen LogP) is 1.24. The summed E-state index contributed by atoms with van der Waals surface area (Å²) in [5.41, 5.74) is 0. The van der Waals surface area contributed by atoms with E-state index in [1.54, 1.807) is 23.1 Å². The maximum Gasteiger partial charge on any atom is 0.351 e. The lowest BCUT2D eigenvalue weighted by Gasteiger charge is -2.25. The van der Waals surface area contributed by atoms with Crippen molar-refractivity contribution in [3.05, 3.63) is 24.3 Å². The van der Waals surface area contributed by atoms with E-state index in [0.29, 0.717) is 24.6 Å². The van der Waals surface area contributed by atoms with Crippen molar-refractivity contribution in [3.63, 3.8) is 0 Å². The minimum absolute atomic E-state index is 0.0787. The SMILES string of the molecule is CCN(CC)C(=O)COC(=O)[C@H]1COc2ccccc2O1. The molecule has 6 nitrogen and oxygen atoms in total. The predicted molar refractivity (Wildman–Crippen MR) is 75.2 cm³/mol. The Kier molecular flexibility index (Phi) is 5.03. The summed E-state index contributed by atoms with van der Waals surface area (Å²) in [7, 11) is 0. The molecule has 0 N–H and O–H groups in total. The highest BCUT2D eigenvalue weighted by atomic mass is 16.6. The van der Waals surface area contributed by atoms with E-state index >= 15 is 0 Å². The minimum Gasteiger partial charge on any atom is -0.485 e. The number of likely N-dealkylation sites (N-methyl/N-ethyl adjacent to an activating group) is 1. The molecule has 0 aliphatic carbocycles. The zero-order valence-corrected chi connectivity index (χ0v) is 12.2. The van der Waals surface area contributed by atoms with Gasteiger partial charge in [0.05, 0.1) is 0 Å². The highest BCUT2D eigenvalue weighted by Crippen LogP contribution is 2.31. The number of carbonyl (C=O) groups excluding carboxylic acids is 2. The molecule has 21 heavy (non-hydrogen) atoms. The Labute approximate surface area is 123 Å². The summed E-state index contributed by atoms with van der Waals surface area (Å²) in [6.45, 7) is 4.72. The van der Waals surface area contributed by atoms with Gasteiger partial charge in [0.15, 0.2) is 18.1 Å². The van der Waals surface area contributed by atoms with Gasteiger partial charge in [0, 0.05) is 13.1 Å². The highest BCUT2D eigenvalue weighted by Gasteiger charge is 2.29. The van der Waals surface area contributed by atoms with Crippen molar-refractivity contribution in [2.24, 2.45) is 0 Å². The van der Waals surface area contributed by atoms with Crippen molar-refractivity contribution in [2.75, 3.05) is 26.3 Å². The molecule has 0 spiro atoms. The van der Waals surface area contributed by atoms with Gasteiger partial charge in [-0.25, -0.2) is 4.79 Å². The molecule has 114 valence electrons. The fraction of sp³-hybridized carbons (Fsp3) is 0.467. The first kappa shape index (κ1) is 15.2. The van der Waals surface area contributed by atoms with Gasteiger partial charge >= 0.3 is 5.97 Å². The molecular weight excluding hydrogens is 274 g/mol. The maximum atomic E-state index is 11.9. The Hall–Kier alpha value is -2.24. The number of para-hydroxylation sites is 2. The van der Waals surface area contributed by atoms with Crippen LogP contribution in [0.25, 0.3) is 0 Å². The van der Waals surface area contributed by atoms with Crippen LogP contribution in [0.2, 0.25) is 0 Å². The molecule has 1 aromatic carbocycles. The van der Waals surface area contributed by atoms with E-state index in [1.165, 1.54) is 0 Å². The maximum absolute atomic E-state index is 11.9. The molecule has 2 rings (SSSR count). The van der Waals surface area contributed by atoms with Crippen LogP contribution in [-0.4, -0.2) is 49.2 Å². The quantitative estimate of drug-likeness (QED) is 0.764. The molecule has 1 aliphatic heterocycles. The summed E-state index contributed by atoms with van der Waals surface area (Å²) in [6, 6.07) is 7.10. The zero-order chi connectivity index (χ0) is 15.2. The fourth-order valence-electron chi connectivity index (χ4n) is 2.03. The number of nitrogens with zero attached hydrogens (tertiary/aromatic N) is 1. The third kappa shape index (κ3) is 3.65. The lowest BCUT2D eigenvalue weighted by molar-refractivity contribution is -0.160. The largest absolute Gasteiger partial charge is 0.485 e. The lowest BCUT2D eigenvalue weighted by atomic mass is 10.2. The molecule has 0 aromatic heterocycles. The second kappa shape index (κ2) is 6.97. The van der Waals surface area contributed by atoms with Crippen molar-refractivity contribution in [3.8, 4) is 11.5 Å². The van der Waals surface area contributed by atoms with E-state index in [-0.39, 0.29) is 19.1 Å². The van der Waals surface area contributed by atoms with Crippen LogP contribution in [0, 0.1) is 0 Å². The second-order valence-electron chi connectivity index (χ2n) is 4.54. The average Bonchev–Trinajstić information content (AvgIpc) is 2.53. The molecule has 1 aromatic rings. The van der Waals surface area contributed by atoms with Crippen molar-refractivity contribution in [1.82, 2.24) is 4.90 Å². The average molecular weight is 293 g/mol. The van der Waals surface area contributed by atoms with Crippen LogP contribution in [0.3, 0.4) is 0 Å². The van der Waals surface area contributed by atoms with Crippen LogP contribution in [-0.2, 0) is 14.3 Å². The van der Waals surface area contributed by atoms with Gasteiger partial charge in [-0.2, -0.15) is 0 Å². The van der Waals surface area contributed by atoms with Crippen LogP contribution < -0.4 is 9.47 Å². The highest BCUT2D eigenvalue weighted by molar-refractivity contribution is 5.82. The molecule has 1 heterocycles. The Balaban J connectivity index is 1.86. The fourth-order valence-corrected chi connectivity index (χ4v) is 2.03. The van der Waals surface area contributed by atoms with Gasteiger partial charge in [0.1, 0.15) is 6.61 Å². The topological polar surface area (TPSA) is 65.1 Å². The van der Waals surface area contributed by atoms with Gasteiger partial charge in [-0.3, -0.25) is 4.79 Å². The van der Waals surface area contributed by atoms with Gasteiger partial charge in [-0.15, -0.1) is 0 Å². The van der Waals surface area contributed by atoms with Crippen molar-refractivity contribution in [1.29, 1.82) is 0 Å². The van der Waals surface area contributed by atoms with Crippen LogP contribution in [0.4, 0.5) is 0 Å². The van der Waals surface area contributed by atoms with Gasteiger partial charge < -0.3 is 19.1 Å². The molecule has 0 bridgehead atoms. The monoisotopic (exact) mass is 293 g/mol. The first-order chi connectivity index (χ1) is 10.2. The zero-order valence-electron chi connectivity index (χ0n) is 12.2. The summed E-state index contributed by atoms with van der Waals surface area (Å²) in [4.78, 5) is 25.3. The number of hydrogen-bond acceptors (Lipinski definition) is 5. The van der Waals surface area contributed by atoms with E-state index in [1.807, 2.05) is 19.9 Å². The Morgan fingerprint density at radius 3 is 2.57 bits per heavy atom. The lowest BCUT2D eigenvalue weighted by Crippen LogP contribution is -2.40. The minimum atomic E-state index is -0.843. The summed E-state index contributed by atoms with van der Waals surface area (Å²) >= 11 is 0. The molecule has 0 saturated carbocycles. The number of fused-ring (bicyclic) bond motifs is 1. The van der Waals surface area contributed by atoms with Crippen molar-refractivity contribution in [2.45, 2.75) is 20.0 Å². The van der Waals surface area contributed by atoms with E-state index < -0.39 is 12.1 Å². The first-order valence-corrected chi connectivity index (χ1v) is 6.98. The Morgan fingerprint density at radius 2 is 1.90 bits per heavy atom. The van der Waals surface area contributed by atoms with Crippen LogP contribution in [0.15, 0.2) is 24.3 Å². The molecule has 0 radical (unpaired) electrons. The van der Waals surface area contributed by atoms with Crippen LogP contribution >= 0.6 is 0 Å². The molecule has 6 heteroatoms. The normalized spacial score (nSPS) is 16.2. The van der Waals surface area contributed by atoms with Gasteiger partial charge in [-0.05, 0) is 26.0 Å². The molecule has 1 atom stereocenters. The molecular formula is C15H19NO5. The number of esters is 1. The standard InChI is InChI=1S/C15H19NO5/c1-3-16(4-2)14(17)10-20-15(18)13-9-19-11-7-5-6-8-12(11)21-13/h5-8,13H,3-4,9-10H2,1-2H3/t13-/m1/s1. The molecule has 1 amide bonds. The second-order valence-corrected chi connectivity index (χ2v) is 4.54. The summed E-state index contributed by atoms with van der Waals surface area (Å²) in [5, 5.41) is 0. The van der Waals surface area contributed by atoms with Crippen molar-refractivity contribution >= 4 is 11.9 Å². The third-order valence-corrected chi connectivity index (χ3v) is 3.23. The van der Waals surface area contributed by atoms with Gasteiger partial charge in [0.25, 0.3) is 5.91 Å². The summed E-state index contributed by atoms with van der Waals surface area (Å²) in [6.07, 6.45) is -0.843. The van der Waals surface area contributed by atoms with E-state index in [0.717, 1.165) is 0 Å². The molecule has 0 unspecified atom stereocenters. The van der Waals surface area contributed by atoms with E-state index in [4.69, 9.17) is 14.2 Å². The van der Waals surface area contributed by atoms with Crippen LogP contribution in [0.5, 0.6) is 11.5 Å². The van der Waals surface area contributed by atoms with E-state index in [9.17, 15) is 9.59 Å². The number of amides is 1. The van der Waals surface area contributed by atoms with Crippen LogP contribution in [0.1, 0.15) is 13.8 Å². The Morgan fingerprint density at radius 1 is 1.24 bits per heavy atom. The van der Waals surface area contributed by atoms with Gasteiger partial charge in [0.2, 0.25) is 6.10 Å². The third-order valence-electron chi connectivity index (χ3n) is 3.23.